The van der Waals surface area contributed by atoms with Crippen LogP contribution in [0.5, 0.6) is 0 Å². The Balaban J connectivity index is 1.81. The summed E-state index contributed by atoms with van der Waals surface area (Å²) in [7, 11) is 0. The number of hydrogen-bond acceptors (Lipinski definition) is 2. The van der Waals surface area contributed by atoms with Gasteiger partial charge in [0.25, 0.3) is 0 Å². The van der Waals surface area contributed by atoms with E-state index in [1.165, 1.54) is 70.9 Å². The van der Waals surface area contributed by atoms with Crippen molar-refractivity contribution in [3.63, 3.8) is 0 Å². The van der Waals surface area contributed by atoms with Gasteiger partial charge in [-0.1, -0.05) is 26.2 Å². The summed E-state index contributed by atoms with van der Waals surface area (Å²) in [5.74, 6) is 0.834. The Morgan fingerprint density at radius 2 is 1.82 bits per heavy atom. The van der Waals surface area contributed by atoms with Crippen molar-refractivity contribution in [2.24, 2.45) is 11.7 Å². The van der Waals surface area contributed by atoms with Gasteiger partial charge in [0.1, 0.15) is 0 Å². The molecule has 0 aromatic heterocycles. The maximum absolute atomic E-state index is 6.44. The van der Waals surface area contributed by atoms with Crippen LogP contribution in [0.3, 0.4) is 0 Å². The highest BCUT2D eigenvalue weighted by Gasteiger charge is 2.28. The third-order valence-electron chi connectivity index (χ3n) is 4.81. The first-order valence-corrected chi connectivity index (χ1v) is 7.81. The average Bonchev–Trinajstić information content (AvgIpc) is 2.85. The molecule has 2 fully saturated rings. The van der Waals surface area contributed by atoms with E-state index < -0.39 is 0 Å². The van der Waals surface area contributed by atoms with Crippen LogP contribution in [-0.2, 0) is 0 Å². The second-order valence-electron chi connectivity index (χ2n) is 6.13. The Bertz CT molecular complexity index is 209. The fourth-order valence-corrected chi connectivity index (χ4v) is 3.80. The minimum atomic E-state index is 0.472. The fraction of sp³-hybridized carbons (Fsp3) is 1.00. The van der Waals surface area contributed by atoms with Crippen molar-refractivity contribution >= 4 is 0 Å². The summed E-state index contributed by atoms with van der Waals surface area (Å²) in [6, 6.07) is 1.26. The molecule has 0 bridgehead atoms. The second-order valence-corrected chi connectivity index (χ2v) is 6.13. The summed E-state index contributed by atoms with van der Waals surface area (Å²) in [5.41, 5.74) is 6.44. The van der Waals surface area contributed by atoms with Gasteiger partial charge in [-0.25, -0.2) is 0 Å². The maximum atomic E-state index is 6.44. The van der Waals surface area contributed by atoms with Crippen molar-refractivity contribution in [3.05, 3.63) is 0 Å². The summed E-state index contributed by atoms with van der Waals surface area (Å²) in [6.45, 7) is 4.89. The minimum Gasteiger partial charge on any atom is -0.327 e. The molecule has 2 unspecified atom stereocenters. The molecule has 2 N–H and O–H groups in total. The SMILES string of the molecule is CCCN1CCCCC1CC(N)C1CCCC1. The van der Waals surface area contributed by atoms with Gasteiger partial charge in [-0.3, -0.25) is 0 Å². The van der Waals surface area contributed by atoms with E-state index in [1.54, 1.807) is 0 Å². The molecule has 0 aromatic carbocycles. The molecule has 2 rings (SSSR count). The van der Waals surface area contributed by atoms with Gasteiger partial charge in [0.2, 0.25) is 0 Å². The van der Waals surface area contributed by atoms with E-state index in [4.69, 9.17) is 5.73 Å². The van der Waals surface area contributed by atoms with Crippen LogP contribution in [-0.4, -0.2) is 30.1 Å². The molecule has 2 aliphatic rings. The molecule has 1 heterocycles. The van der Waals surface area contributed by atoms with E-state index in [2.05, 4.69) is 11.8 Å². The summed E-state index contributed by atoms with van der Waals surface area (Å²) in [6.07, 6.45) is 12.4. The normalized spacial score (nSPS) is 29.6. The first-order valence-electron chi connectivity index (χ1n) is 7.81. The number of hydrogen-bond donors (Lipinski definition) is 1. The zero-order valence-electron chi connectivity index (χ0n) is 11.5. The minimum absolute atomic E-state index is 0.472. The molecule has 1 aliphatic carbocycles. The van der Waals surface area contributed by atoms with Gasteiger partial charge in [-0.2, -0.15) is 0 Å². The highest BCUT2D eigenvalue weighted by molar-refractivity contribution is 4.85. The molecular formula is C15H30N2. The quantitative estimate of drug-likeness (QED) is 0.797. The molecule has 1 saturated heterocycles. The van der Waals surface area contributed by atoms with Crippen molar-refractivity contribution < 1.29 is 0 Å². The smallest absolute Gasteiger partial charge is 0.0110 e. The van der Waals surface area contributed by atoms with Crippen molar-refractivity contribution in [1.29, 1.82) is 0 Å². The summed E-state index contributed by atoms with van der Waals surface area (Å²) in [4.78, 5) is 2.71. The molecule has 17 heavy (non-hydrogen) atoms. The van der Waals surface area contributed by atoms with Crippen LogP contribution in [0.15, 0.2) is 0 Å². The number of nitrogens with two attached hydrogens (primary N) is 1. The van der Waals surface area contributed by atoms with Gasteiger partial charge in [-0.15, -0.1) is 0 Å². The Kier molecular flexibility index (Phi) is 5.30. The van der Waals surface area contributed by atoms with E-state index in [0.29, 0.717) is 6.04 Å². The lowest BCUT2D eigenvalue weighted by Crippen LogP contribution is -2.44. The van der Waals surface area contributed by atoms with Crippen LogP contribution in [0.4, 0.5) is 0 Å². The Morgan fingerprint density at radius 3 is 2.53 bits per heavy atom. The molecule has 0 amide bonds. The Labute approximate surface area is 107 Å². The molecule has 0 aromatic rings. The van der Waals surface area contributed by atoms with E-state index in [1.807, 2.05) is 0 Å². The van der Waals surface area contributed by atoms with Gasteiger partial charge in [0.15, 0.2) is 0 Å². The number of nitrogens with zero attached hydrogens (tertiary/aromatic N) is 1. The third-order valence-corrected chi connectivity index (χ3v) is 4.81. The van der Waals surface area contributed by atoms with Crippen LogP contribution < -0.4 is 5.73 Å². The molecule has 1 aliphatic heterocycles. The number of likely N-dealkylation sites (tertiary alicyclic amines) is 1. The lowest BCUT2D eigenvalue weighted by Gasteiger charge is -2.37. The van der Waals surface area contributed by atoms with E-state index in [0.717, 1.165) is 12.0 Å². The second kappa shape index (κ2) is 6.75. The fourth-order valence-electron chi connectivity index (χ4n) is 3.80. The van der Waals surface area contributed by atoms with Crippen molar-refractivity contribution in [1.82, 2.24) is 4.90 Å². The first kappa shape index (κ1) is 13.4. The standard InChI is InChI=1S/C15H30N2/c1-2-10-17-11-6-5-9-14(17)12-15(16)13-7-3-4-8-13/h13-15H,2-12,16H2,1H3. The van der Waals surface area contributed by atoms with Crippen molar-refractivity contribution in [3.8, 4) is 0 Å². The molecular weight excluding hydrogens is 208 g/mol. The molecule has 1 saturated carbocycles. The third kappa shape index (κ3) is 3.69. The van der Waals surface area contributed by atoms with Gasteiger partial charge in [0.05, 0.1) is 0 Å². The van der Waals surface area contributed by atoms with Gasteiger partial charge in [-0.05, 0) is 57.5 Å². The van der Waals surface area contributed by atoms with Crippen LogP contribution in [0.25, 0.3) is 0 Å². The zero-order valence-corrected chi connectivity index (χ0v) is 11.5. The Hall–Kier alpha value is -0.0800. The topological polar surface area (TPSA) is 29.3 Å². The molecule has 100 valence electrons. The average molecular weight is 238 g/mol. The monoisotopic (exact) mass is 238 g/mol. The lowest BCUT2D eigenvalue weighted by molar-refractivity contribution is 0.127. The molecule has 2 heteroatoms. The summed E-state index contributed by atoms with van der Waals surface area (Å²) >= 11 is 0. The van der Waals surface area contributed by atoms with Gasteiger partial charge < -0.3 is 10.6 Å². The highest BCUT2D eigenvalue weighted by Crippen LogP contribution is 2.30. The molecule has 2 atom stereocenters. The van der Waals surface area contributed by atoms with E-state index >= 15 is 0 Å². The van der Waals surface area contributed by atoms with Crippen LogP contribution in [0.2, 0.25) is 0 Å². The van der Waals surface area contributed by atoms with Crippen LogP contribution in [0, 0.1) is 5.92 Å². The van der Waals surface area contributed by atoms with Crippen LogP contribution >= 0.6 is 0 Å². The first-order chi connectivity index (χ1) is 8.31. The van der Waals surface area contributed by atoms with Crippen molar-refractivity contribution in [2.75, 3.05) is 13.1 Å². The summed E-state index contributed by atoms with van der Waals surface area (Å²) < 4.78 is 0. The molecule has 0 spiro atoms. The number of piperidine rings is 1. The predicted molar refractivity (Wildman–Crippen MR) is 74.1 cm³/mol. The maximum Gasteiger partial charge on any atom is 0.0110 e. The van der Waals surface area contributed by atoms with E-state index in [-0.39, 0.29) is 0 Å². The van der Waals surface area contributed by atoms with E-state index in [9.17, 15) is 0 Å². The van der Waals surface area contributed by atoms with Crippen LogP contribution in [0.1, 0.15) is 64.7 Å². The number of rotatable bonds is 5. The highest BCUT2D eigenvalue weighted by atomic mass is 15.2. The van der Waals surface area contributed by atoms with Gasteiger partial charge >= 0.3 is 0 Å². The largest absolute Gasteiger partial charge is 0.327 e. The summed E-state index contributed by atoms with van der Waals surface area (Å²) in [5, 5.41) is 0. The molecule has 0 radical (unpaired) electrons. The van der Waals surface area contributed by atoms with Gasteiger partial charge in [0, 0.05) is 12.1 Å². The lowest BCUT2D eigenvalue weighted by atomic mass is 9.89. The van der Waals surface area contributed by atoms with Crippen molar-refractivity contribution in [2.45, 2.75) is 76.8 Å². The predicted octanol–water partition coefficient (Wildman–Crippen LogP) is 3.16. The Morgan fingerprint density at radius 1 is 1.12 bits per heavy atom. The zero-order chi connectivity index (χ0) is 12.1. The molecule has 2 nitrogen and oxygen atoms in total.